The number of aliphatic hydroxyl groups is 1. The van der Waals surface area contributed by atoms with Crippen LogP contribution in [0.4, 0.5) is 0 Å². The second kappa shape index (κ2) is 6.92. The highest BCUT2D eigenvalue weighted by Gasteiger charge is 2.56. The SMILES string of the molecule is CCO[C@H]1C[C@@H](O)C12CCN(C(=O)CCCn1cnnn1)CC2. The molecule has 8 heteroatoms. The number of hydrogen-bond acceptors (Lipinski definition) is 6. The van der Waals surface area contributed by atoms with Gasteiger partial charge in [-0.3, -0.25) is 4.79 Å². The molecule has 0 bridgehead atoms. The van der Waals surface area contributed by atoms with Crippen LogP contribution in [0.1, 0.15) is 39.0 Å². The number of hydrogen-bond donors (Lipinski definition) is 1. The van der Waals surface area contributed by atoms with E-state index in [1.54, 1.807) is 11.0 Å². The van der Waals surface area contributed by atoms with Gasteiger partial charge < -0.3 is 14.7 Å². The second-order valence-corrected chi connectivity index (χ2v) is 6.49. The van der Waals surface area contributed by atoms with Crippen molar-refractivity contribution in [2.75, 3.05) is 19.7 Å². The van der Waals surface area contributed by atoms with E-state index in [4.69, 9.17) is 4.74 Å². The summed E-state index contributed by atoms with van der Waals surface area (Å²) in [5, 5.41) is 21.1. The Hall–Kier alpha value is -1.54. The fourth-order valence-electron chi connectivity index (χ4n) is 3.82. The lowest BCUT2D eigenvalue weighted by atomic mass is 9.58. The number of nitrogens with zero attached hydrogens (tertiary/aromatic N) is 5. The summed E-state index contributed by atoms with van der Waals surface area (Å²) in [4.78, 5) is 14.2. The van der Waals surface area contributed by atoms with Crippen molar-refractivity contribution in [1.82, 2.24) is 25.1 Å². The molecule has 1 saturated carbocycles. The number of aromatic nitrogens is 4. The number of rotatable bonds is 6. The summed E-state index contributed by atoms with van der Waals surface area (Å²) in [5.74, 6) is 0.176. The van der Waals surface area contributed by atoms with Gasteiger partial charge in [-0.15, -0.1) is 5.10 Å². The third-order valence-electron chi connectivity index (χ3n) is 5.33. The average molecular weight is 323 g/mol. The van der Waals surface area contributed by atoms with Crippen molar-refractivity contribution in [1.29, 1.82) is 0 Å². The molecule has 1 aromatic rings. The monoisotopic (exact) mass is 323 g/mol. The van der Waals surface area contributed by atoms with Crippen LogP contribution < -0.4 is 0 Å². The van der Waals surface area contributed by atoms with Crippen molar-refractivity contribution >= 4 is 5.91 Å². The van der Waals surface area contributed by atoms with Gasteiger partial charge >= 0.3 is 0 Å². The fourth-order valence-corrected chi connectivity index (χ4v) is 3.82. The number of piperidine rings is 1. The first-order chi connectivity index (χ1) is 11.2. The van der Waals surface area contributed by atoms with Gasteiger partial charge in [0.2, 0.25) is 5.91 Å². The molecule has 2 fully saturated rings. The molecular formula is C15H25N5O3. The Kier molecular flexibility index (Phi) is 4.91. The molecule has 1 spiro atoms. The van der Waals surface area contributed by atoms with E-state index >= 15 is 0 Å². The molecule has 0 radical (unpaired) electrons. The van der Waals surface area contributed by atoms with E-state index < -0.39 is 0 Å². The van der Waals surface area contributed by atoms with Gasteiger partial charge in [-0.1, -0.05) is 0 Å². The van der Waals surface area contributed by atoms with Crippen LogP contribution in [-0.2, 0) is 16.1 Å². The Morgan fingerprint density at radius 3 is 2.83 bits per heavy atom. The maximum atomic E-state index is 12.3. The van der Waals surface area contributed by atoms with Crippen LogP contribution in [0, 0.1) is 5.41 Å². The molecule has 1 amide bonds. The van der Waals surface area contributed by atoms with Gasteiger partial charge in [-0.25, -0.2) is 4.68 Å². The number of aryl methyl sites for hydroxylation is 1. The van der Waals surface area contributed by atoms with Crippen LogP contribution >= 0.6 is 0 Å². The van der Waals surface area contributed by atoms with Gasteiger partial charge in [0.25, 0.3) is 0 Å². The van der Waals surface area contributed by atoms with Crippen LogP contribution in [0.15, 0.2) is 6.33 Å². The summed E-state index contributed by atoms with van der Waals surface area (Å²) in [5.41, 5.74) is -0.126. The number of carbonyl (C=O) groups is 1. The highest BCUT2D eigenvalue weighted by atomic mass is 16.5. The highest BCUT2D eigenvalue weighted by molar-refractivity contribution is 5.76. The molecule has 0 unspecified atom stereocenters. The minimum atomic E-state index is -0.281. The van der Waals surface area contributed by atoms with Crippen LogP contribution in [-0.4, -0.2) is 68.0 Å². The van der Waals surface area contributed by atoms with Crippen molar-refractivity contribution in [3.05, 3.63) is 6.33 Å². The summed E-state index contributed by atoms with van der Waals surface area (Å²) < 4.78 is 7.39. The summed E-state index contributed by atoms with van der Waals surface area (Å²) >= 11 is 0. The predicted octanol–water partition coefficient (Wildman–Crippen LogP) is 0.232. The normalized spacial score (nSPS) is 26.3. The highest BCUT2D eigenvalue weighted by Crippen LogP contribution is 2.50. The largest absolute Gasteiger partial charge is 0.392 e. The lowest BCUT2D eigenvalue weighted by Gasteiger charge is -2.56. The van der Waals surface area contributed by atoms with Crippen LogP contribution in [0.3, 0.4) is 0 Å². The van der Waals surface area contributed by atoms with Crippen molar-refractivity contribution in [3.63, 3.8) is 0 Å². The minimum absolute atomic E-state index is 0.126. The molecule has 1 aromatic heterocycles. The first-order valence-electron chi connectivity index (χ1n) is 8.44. The average Bonchev–Trinajstić information content (AvgIpc) is 3.08. The van der Waals surface area contributed by atoms with E-state index in [0.29, 0.717) is 32.7 Å². The fraction of sp³-hybridized carbons (Fsp3) is 0.867. The van der Waals surface area contributed by atoms with Gasteiger partial charge in [-0.05, 0) is 36.6 Å². The molecule has 2 heterocycles. The minimum Gasteiger partial charge on any atom is -0.392 e. The number of likely N-dealkylation sites (tertiary alicyclic amines) is 1. The lowest BCUT2D eigenvalue weighted by molar-refractivity contribution is -0.210. The van der Waals surface area contributed by atoms with Gasteiger partial charge in [0.05, 0.1) is 12.2 Å². The number of ether oxygens (including phenoxy) is 1. The van der Waals surface area contributed by atoms with Crippen molar-refractivity contribution in [3.8, 4) is 0 Å². The molecule has 2 aliphatic rings. The van der Waals surface area contributed by atoms with E-state index in [2.05, 4.69) is 15.5 Å². The predicted molar refractivity (Wildman–Crippen MR) is 81.3 cm³/mol. The molecule has 1 N–H and O–H groups in total. The van der Waals surface area contributed by atoms with Crippen LogP contribution in [0.5, 0.6) is 0 Å². The first-order valence-corrected chi connectivity index (χ1v) is 8.44. The summed E-state index contributed by atoms with van der Waals surface area (Å²) in [7, 11) is 0. The summed E-state index contributed by atoms with van der Waals surface area (Å²) in [6.45, 7) is 4.75. The zero-order chi connectivity index (χ0) is 16.3. The Bertz CT molecular complexity index is 511. The van der Waals surface area contributed by atoms with Gasteiger partial charge in [0, 0.05) is 44.5 Å². The van der Waals surface area contributed by atoms with Gasteiger partial charge in [0.15, 0.2) is 0 Å². The number of aliphatic hydroxyl groups excluding tert-OH is 1. The maximum absolute atomic E-state index is 12.3. The molecule has 8 nitrogen and oxygen atoms in total. The van der Waals surface area contributed by atoms with Gasteiger partial charge in [-0.2, -0.15) is 0 Å². The molecule has 1 saturated heterocycles. The van der Waals surface area contributed by atoms with E-state index in [1.807, 2.05) is 11.8 Å². The Morgan fingerprint density at radius 2 is 2.22 bits per heavy atom. The van der Waals surface area contributed by atoms with Gasteiger partial charge in [0.1, 0.15) is 6.33 Å². The summed E-state index contributed by atoms with van der Waals surface area (Å²) in [6, 6.07) is 0. The standard InChI is InChI=1S/C15H25N5O3/c1-2-23-13-10-12(21)15(13)5-8-19(9-6-15)14(22)4-3-7-20-11-16-17-18-20/h11-13,21H,2-10H2,1H3/t12-,13+/m1/s1. The van der Waals surface area contributed by atoms with Crippen LogP contribution in [0.25, 0.3) is 0 Å². The molecular weight excluding hydrogens is 298 g/mol. The van der Waals surface area contributed by atoms with Crippen molar-refractivity contribution in [2.24, 2.45) is 5.41 Å². The number of tetrazole rings is 1. The molecule has 128 valence electrons. The molecule has 1 aliphatic heterocycles. The molecule has 2 atom stereocenters. The van der Waals surface area contributed by atoms with Crippen molar-refractivity contribution < 1.29 is 14.6 Å². The molecule has 3 rings (SSSR count). The second-order valence-electron chi connectivity index (χ2n) is 6.49. The molecule has 0 aromatic carbocycles. The smallest absolute Gasteiger partial charge is 0.222 e. The quantitative estimate of drug-likeness (QED) is 0.805. The Balaban J connectivity index is 1.44. The lowest BCUT2D eigenvalue weighted by Crippen LogP contribution is -2.62. The molecule has 23 heavy (non-hydrogen) atoms. The molecule has 1 aliphatic carbocycles. The maximum Gasteiger partial charge on any atom is 0.222 e. The van der Waals surface area contributed by atoms with E-state index in [0.717, 1.165) is 25.7 Å². The third-order valence-corrected chi connectivity index (χ3v) is 5.33. The topological polar surface area (TPSA) is 93.4 Å². The number of carbonyl (C=O) groups excluding carboxylic acids is 1. The summed E-state index contributed by atoms with van der Waals surface area (Å²) in [6.07, 6.45) is 5.06. The number of amides is 1. The zero-order valence-corrected chi connectivity index (χ0v) is 13.6. The van der Waals surface area contributed by atoms with E-state index in [-0.39, 0.29) is 23.5 Å². The zero-order valence-electron chi connectivity index (χ0n) is 13.6. The van der Waals surface area contributed by atoms with Crippen molar-refractivity contribution in [2.45, 2.75) is 57.8 Å². The Labute approximate surface area is 135 Å². The first kappa shape index (κ1) is 16.3. The third kappa shape index (κ3) is 3.23. The van der Waals surface area contributed by atoms with E-state index in [9.17, 15) is 9.90 Å². The van der Waals surface area contributed by atoms with Crippen LogP contribution in [0.2, 0.25) is 0 Å². The van der Waals surface area contributed by atoms with E-state index in [1.165, 1.54) is 0 Å². The Morgan fingerprint density at radius 1 is 1.43 bits per heavy atom.